The molecule has 0 N–H and O–H groups in total. The Morgan fingerprint density at radius 3 is 2.56 bits per heavy atom. The number of rotatable bonds is 10. The van der Waals surface area contributed by atoms with Crippen molar-refractivity contribution in [3.05, 3.63) is 118 Å². The molecule has 0 amide bonds. The number of carbonyl (C=O) groups excluding carboxylic acids is 1. The molecule has 0 unspecified atom stereocenters. The Bertz CT molecular complexity index is 2020. The Labute approximate surface area is 272 Å². The third-order valence-corrected chi connectivity index (χ3v) is 8.70. The smallest absolute Gasteiger partial charge is 0.338 e. The number of methoxy groups -OCH3 is 1. The standard InChI is InChI=1S/C34H30BrN3O6S/c1-5-42-28-17-22(12-14-27(28)41-4)31-30(33(40)43-6-2)20(3)37-34-38(31)32(39)29(45-34)16-21-11-13-26(25(35)15-21)44-19-24-10-8-7-9-23(24)18-36/h7-17,31H,5-6,19H2,1-4H3/b29-16+/t31-/m0/s1. The predicted octanol–water partition coefficient (Wildman–Crippen LogP) is 5.42. The normalized spacial score (nSPS) is 14.3. The number of esters is 1. The van der Waals surface area contributed by atoms with Crippen molar-refractivity contribution >= 4 is 39.3 Å². The van der Waals surface area contributed by atoms with Crippen LogP contribution in [-0.4, -0.2) is 30.9 Å². The Morgan fingerprint density at radius 1 is 1.07 bits per heavy atom. The number of nitriles is 1. The molecular weight excluding hydrogens is 658 g/mol. The van der Waals surface area contributed by atoms with Gasteiger partial charge >= 0.3 is 5.97 Å². The third-order valence-electron chi connectivity index (χ3n) is 7.09. The second kappa shape index (κ2) is 14.0. The van der Waals surface area contributed by atoms with Crippen LogP contribution in [0.5, 0.6) is 17.2 Å². The van der Waals surface area contributed by atoms with E-state index in [1.807, 2.05) is 43.3 Å². The number of hydrogen-bond donors (Lipinski definition) is 0. The summed E-state index contributed by atoms with van der Waals surface area (Å²) in [6.45, 7) is 6.17. The van der Waals surface area contributed by atoms with Crippen molar-refractivity contribution < 1.29 is 23.7 Å². The Morgan fingerprint density at radius 2 is 1.84 bits per heavy atom. The molecule has 0 bridgehead atoms. The van der Waals surface area contributed by atoms with Gasteiger partial charge in [-0.2, -0.15) is 5.26 Å². The molecule has 5 rings (SSSR count). The third kappa shape index (κ3) is 6.57. The minimum Gasteiger partial charge on any atom is -0.493 e. The highest BCUT2D eigenvalue weighted by atomic mass is 79.9. The maximum absolute atomic E-state index is 14.0. The average molecular weight is 689 g/mol. The van der Waals surface area contributed by atoms with Crippen LogP contribution >= 0.6 is 27.3 Å². The maximum atomic E-state index is 14.0. The summed E-state index contributed by atoms with van der Waals surface area (Å²) in [7, 11) is 1.56. The molecule has 9 nitrogen and oxygen atoms in total. The number of halogens is 1. The molecule has 1 aliphatic rings. The van der Waals surface area contributed by atoms with Gasteiger partial charge in [0, 0.05) is 5.56 Å². The molecule has 0 spiro atoms. The zero-order chi connectivity index (χ0) is 32.1. The van der Waals surface area contributed by atoms with Gasteiger partial charge in [-0.1, -0.05) is 41.7 Å². The van der Waals surface area contributed by atoms with E-state index in [1.54, 1.807) is 51.3 Å². The molecule has 1 aromatic heterocycles. The minimum atomic E-state index is -0.786. The Kier molecular flexibility index (Phi) is 9.86. The maximum Gasteiger partial charge on any atom is 0.338 e. The van der Waals surface area contributed by atoms with Crippen LogP contribution in [0.15, 0.2) is 86.2 Å². The first-order valence-corrected chi connectivity index (χ1v) is 15.8. The highest BCUT2D eigenvalue weighted by molar-refractivity contribution is 9.10. The second-order valence-corrected chi connectivity index (χ2v) is 11.8. The molecule has 1 atom stereocenters. The number of thiazole rings is 1. The molecule has 0 saturated carbocycles. The van der Waals surface area contributed by atoms with Gasteiger partial charge in [-0.25, -0.2) is 9.79 Å². The molecule has 45 heavy (non-hydrogen) atoms. The Balaban J connectivity index is 1.55. The topological polar surface area (TPSA) is 112 Å². The van der Waals surface area contributed by atoms with E-state index in [-0.39, 0.29) is 24.3 Å². The van der Waals surface area contributed by atoms with Gasteiger partial charge in [-0.3, -0.25) is 9.36 Å². The minimum absolute atomic E-state index is 0.180. The van der Waals surface area contributed by atoms with E-state index in [0.29, 0.717) is 54.5 Å². The molecule has 0 aliphatic carbocycles. The molecule has 4 aromatic rings. The molecule has 0 radical (unpaired) electrons. The number of allylic oxidation sites excluding steroid dienone is 1. The van der Waals surface area contributed by atoms with Crippen LogP contribution < -0.4 is 29.1 Å². The number of fused-ring (bicyclic) bond motifs is 1. The van der Waals surface area contributed by atoms with E-state index < -0.39 is 12.0 Å². The van der Waals surface area contributed by atoms with Crippen molar-refractivity contribution in [3.63, 3.8) is 0 Å². The zero-order valence-electron chi connectivity index (χ0n) is 25.1. The lowest BCUT2D eigenvalue weighted by molar-refractivity contribution is -0.139. The summed E-state index contributed by atoms with van der Waals surface area (Å²) < 4.78 is 25.3. The summed E-state index contributed by atoms with van der Waals surface area (Å²) in [6, 6.07) is 19.5. The van der Waals surface area contributed by atoms with Crippen LogP contribution in [0.25, 0.3) is 6.08 Å². The molecule has 0 saturated heterocycles. The van der Waals surface area contributed by atoms with Gasteiger partial charge in [0.2, 0.25) is 0 Å². The molecular formula is C34H30BrN3O6S. The molecule has 230 valence electrons. The lowest BCUT2D eigenvalue weighted by atomic mass is 9.95. The average Bonchev–Trinajstić information content (AvgIpc) is 3.33. The fourth-order valence-corrected chi connectivity index (χ4v) is 6.58. The lowest BCUT2D eigenvalue weighted by Gasteiger charge is -2.25. The number of aromatic nitrogens is 1. The molecule has 11 heteroatoms. The van der Waals surface area contributed by atoms with E-state index in [4.69, 9.17) is 18.9 Å². The summed E-state index contributed by atoms with van der Waals surface area (Å²) in [5.41, 5.74) is 3.23. The van der Waals surface area contributed by atoms with Gasteiger partial charge in [0.05, 0.1) is 58.3 Å². The summed E-state index contributed by atoms with van der Waals surface area (Å²) in [5.74, 6) is 1.10. The van der Waals surface area contributed by atoms with E-state index in [9.17, 15) is 14.9 Å². The summed E-state index contributed by atoms with van der Waals surface area (Å²) >= 11 is 4.81. The van der Waals surface area contributed by atoms with Gasteiger partial charge in [0.25, 0.3) is 5.56 Å². The predicted molar refractivity (Wildman–Crippen MR) is 174 cm³/mol. The summed E-state index contributed by atoms with van der Waals surface area (Å²) in [4.78, 5) is 32.4. The number of carbonyl (C=O) groups is 1. The van der Waals surface area contributed by atoms with Gasteiger partial charge in [-0.15, -0.1) is 0 Å². The van der Waals surface area contributed by atoms with E-state index in [0.717, 1.165) is 11.1 Å². The fourth-order valence-electron chi connectivity index (χ4n) is 5.02. The summed E-state index contributed by atoms with van der Waals surface area (Å²) in [5, 5.41) is 9.36. The lowest BCUT2D eigenvalue weighted by Crippen LogP contribution is -2.40. The van der Waals surface area contributed by atoms with Crippen LogP contribution in [0.1, 0.15) is 49.1 Å². The summed E-state index contributed by atoms with van der Waals surface area (Å²) in [6.07, 6.45) is 1.78. The van der Waals surface area contributed by atoms with Crippen LogP contribution in [0, 0.1) is 11.3 Å². The van der Waals surface area contributed by atoms with E-state index in [1.165, 1.54) is 15.9 Å². The second-order valence-electron chi connectivity index (χ2n) is 9.89. The molecule has 2 heterocycles. The first-order chi connectivity index (χ1) is 21.8. The first kappa shape index (κ1) is 31.8. The highest BCUT2D eigenvalue weighted by Gasteiger charge is 2.34. The monoisotopic (exact) mass is 687 g/mol. The van der Waals surface area contributed by atoms with Crippen molar-refractivity contribution in [3.8, 4) is 23.3 Å². The fraction of sp³-hybridized carbons (Fsp3) is 0.235. The van der Waals surface area contributed by atoms with Crippen molar-refractivity contribution in [1.82, 2.24) is 4.57 Å². The van der Waals surface area contributed by atoms with Crippen molar-refractivity contribution in [1.29, 1.82) is 5.26 Å². The highest BCUT2D eigenvalue weighted by Crippen LogP contribution is 2.36. The van der Waals surface area contributed by atoms with E-state index in [2.05, 4.69) is 27.0 Å². The van der Waals surface area contributed by atoms with Crippen LogP contribution in [-0.2, 0) is 16.1 Å². The Hall–Kier alpha value is -4.66. The van der Waals surface area contributed by atoms with Crippen LogP contribution in [0.3, 0.4) is 0 Å². The SMILES string of the molecule is CCOC(=O)C1=C(C)N=c2s/c(=C/c3ccc(OCc4ccccc4C#N)c(Br)c3)c(=O)n2[C@H]1c1ccc(OC)c(OCC)c1. The van der Waals surface area contributed by atoms with E-state index >= 15 is 0 Å². The van der Waals surface area contributed by atoms with Crippen molar-refractivity contribution in [2.24, 2.45) is 4.99 Å². The molecule has 1 aliphatic heterocycles. The van der Waals surface area contributed by atoms with Crippen LogP contribution in [0.2, 0.25) is 0 Å². The van der Waals surface area contributed by atoms with Crippen molar-refractivity contribution in [2.45, 2.75) is 33.4 Å². The zero-order valence-corrected chi connectivity index (χ0v) is 27.5. The van der Waals surface area contributed by atoms with Gasteiger partial charge in [-0.05, 0) is 84.2 Å². The van der Waals surface area contributed by atoms with Gasteiger partial charge in [0.1, 0.15) is 12.4 Å². The largest absolute Gasteiger partial charge is 0.493 e. The number of benzene rings is 3. The van der Waals surface area contributed by atoms with Crippen molar-refractivity contribution in [2.75, 3.05) is 20.3 Å². The number of ether oxygens (including phenoxy) is 4. The molecule has 0 fully saturated rings. The molecule has 3 aromatic carbocycles. The van der Waals surface area contributed by atoms with Gasteiger partial charge < -0.3 is 18.9 Å². The van der Waals surface area contributed by atoms with Crippen LogP contribution in [0.4, 0.5) is 0 Å². The quantitative estimate of drug-likeness (QED) is 0.205. The number of hydrogen-bond acceptors (Lipinski definition) is 9. The first-order valence-electron chi connectivity index (χ1n) is 14.2. The number of nitrogens with zero attached hydrogens (tertiary/aromatic N) is 3. The van der Waals surface area contributed by atoms with Gasteiger partial charge in [0.15, 0.2) is 16.3 Å².